The largest absolute Gasteiger partial charge is 0.396 e. The lowest BCUT2D eigenvalue weighted by Crippen LogP contribution is -2.01. The summed E-state index contributed by atoms with van der Waals surface area (Å²) in [7, 11) is -1.22. The van der Waals surface area contributed by atoms with Crippen LogP contribution in [0, 0.1) is 0 Å². The van der Waals surface area contributed by atoms with Gasteiger partial charge in [-0.1, -0.05) is 0 Å². The summed E-state index contributed by atoms with van der Waals surface area (Å²) in [4.78, 5) is 16.2. The van der Waals surface area contributed by atoms with Gasteiger partial charge in [-0.05, 0) is 24.6 Å². The zero-order valence-corrected chi connectivity index (χ0v) is 9.37. The third-order valence-corrected chi connectivity index (χ3v) is 3.41. The molecule has 0 amide bonds. The van der Waals surface area contributed by atoms with E-state index >= 15 is 0 Å². The number of carbonyl (C=O) groups is 1. The van der Waals surface area contributed by atoms with Crippen LogP contribution < -0.4 is 0 Å². The molecule has 0 saturated heterocycles. The Bertz CT molecular complexity index is 482. The average molecular weight is 237 g/mol. The number of aliphatic hydroxyl groups is 1. The van der Waals surface area contributed by atoms with E-state index in [1.165, 1.54) is 5.55 Å². The molecule has 0 fully saturated rings. The van der Waals surface area contributed by atoms with Gasteiger partial charge < -0.3 is 5.11 Å². The van der Waals surface area contributed by atoms with Crippen molar-refractivity contribution in [2.45, 2.75) is 17.7 Å². The van der Waals surface area contributed by atoms with Crippen LogP contribution in [0.15, 0.2) is 28.1 Å². The van der Waals surface area contributed by atoms with Crippen molar-refractivity contribution in [3.05, 3.63) is 23.8 Å². The summed E-state index contributed by atoms with van der Waals surface area (Å²) in [6.45, 7) is 0.00568. The van der Waals surface area contributed by atoms with E-state index in [0.29, 0.717) is 29.0 Å². The maximum atomic E-state index is 11.7. The maximum absolute atomic E-state index is 11.7. The minimum atomic E-state index is -1.22. The Balaban J connectivity index is 2.22. The summed E-state index contributed by atoms with van der Waals surface area (Å²) < 4.78 is 11.5. The first-order valence-corrected chi connectivity index (χ1v) is 6.16. The lowest BCUT2D eigenvalue weighted by atomic mass is 10.1. The zero-order valence-electron chi connectivity index (χ0n) is 8.55. The summed E-state index contributed by atoms with van der Waals surface area (Å²) in [6.07, 6.45) is 0.762. The van der Waals surface area contributed by atoms with Crippen LogP contribution in [-0.4, -0.2) is 27.3 Å². The molecule has 1 N–H and O–H groups in total. The monoisotopic (exact) mass is 237 g/mol. The first-order chi connectivity index (χ1) is 7.72. The molecule has 1 atom stereocenters. The molecule has 2 rings (SSSR count). The minimum absolute atomic E-state index is 0.00568. The molecular weight excluding hydrogens is 226 g/mol. The van der Waals surface area contributed by atoms with Crippen LogP contribution in [0.2, 0.25) is 0 Å². The Morgan fingerprint density at radius 3 is 3.00 bits per heavy atom. The highest BCUT2D eigenvalue weighted by molar-refractivity contribution is 7.99. The van der Waals surface area contributed by atoms with Gasteiger partial charge in [0, 0.05) is 18.6 Å². The molecule has 4 nitrogen and oxygen atoms in total. The van der Waals surface area contributed by atoms with Crippen molar-refractivity contribution in [2.24, 2.45) is 4.99 Å². The number of aliphatic imine (C=N–C) groups is 1. The first-order valence-electron chi connectivity index (χ1n) is 4.95. The van der Waals surface area contributed by atoms with Crippen LogP contribution in [0.3, 0.4) is 0 Å². The normalized spacial score (nSPS) is 17.4. The molecule has 0 radical (unpaired) electrons. The van der Waals surface area contributed by atoms with Gasteiger partial charge in [0.25, 0.3) is 0 Å². The van der Waals surface area contributed by atoms with Gasteiger partial charge in [-0.25, -0.2) is 9.20 Å². The SMILES string of the molecule is O=C(CCCO)c1ccc2c(c1)S(=O)C=N2. The van der Waals surface area contributed by atoms with Crippen LogP contribution in [0.25, 0.3) is 0 Å². The standard InChI is InChI=1S/C11H11NO3S/c13-5-1-2-10(14)8-3-4-9-11(6-8)16(15)7-12-9/h3-4,6-7,13H,1-2,5H2. The maximum Gasteiger partial charge on any atom is 0.163 e. The second-order valence-corrected chi connectivity index (χ2v) is 4.71. The third-order valence-electron chi connectivity index (χ3n) is 2.35. The molecule has 1 aliphatic rings. The van der Waals surface area contributed by atoms with Gasteiger partial charge in [-0.3, -0.25) is 4.79 Å². The topological polar surface area (TPSA) is 66.7 Å². The quantitative estimate of drug-likeness (QED) is 0.805. The number of rotatable bonds is 4. The Morgan fingerprint density at radius 2 is 2.25 bits per heavy atom. The van der Waals surface area contributed by atoms with Gasteiger partial charge in [0.05, 0.1) is 26.9 Å². The third kappa shape index (κ3) is 2.10. The molecule has 1 aromatic rings. The Hall–Kier alpha value is -1.33. The first kappa shape index (κ1) is 11.2. The number of benzene rings is 1. The Labute approximate surface area is 95.5 Å². The van der Waals surface area contributed by atoms with E-state index in [1.807, 2.05) is 0 Å². The van der Waals surface area contributed by atoms with E-state index in [-0.39, 0.29) is 12.4 Å². The van der Waals surface area contributed by atoms with Gasteiger partial charge in [0.2, 0.25) is 0 Å². The highest BCUT2D eigenvalue weighted by Crippen LogP contribution is 2.28. The molecule has 1 aliphatic heterocycles. The van der Waals surface area contributed by atoms with Gasteiger partial charge in [-0.2, -0.15) is 0 Å². The average Bonchev–Trinajstić information content (AvgIpc) is 2.67. The lowest BCUT2D eigenvalue weighted by Gasteiger charge is -2.02. The molecule has 0 aromatic heterocycles. The number of fused-ring (bicyclic) bond motifs is 1. The molecule has 84 valence electrons. The molecule has 0 aliphatic carbocycles. The van der Waals surface area contributed by atoms with Crippen LogP contribution >= 0.6 is 0 Å². The lowest BCUT2D eigenvalue weighted by molar-refractivity contribution is 0.0971. The van der Waals surface area contributed by atoms with Gasteiger partial charge in [0.15, 0.2) is 5.78 Å². The van der Waals surface area contributed by atoms with E-state index in [0.717, 1.165) is 0 Å². The van der Waals surface area contributed by atoms with Crippen molar-refractivity contribution in [1.82, 2.24) is 0 Å². The fourth-order valence-electron chi connectivity index (χ4n) is 1.50. The van der Waals surface area contributed by atoms with Crippen LogP contribution in [0.5, 0.6) is 0 Å². The van der Waals surface area contributed by atoms with E-state index < -0.39 is 10.8 Å². The summed E-state index contributed by atoms with van der Waals surface area (Å²) in [5.41, 5.74) is 2.57. The van der Waals surface area contributed by atoms with Gasteiger partial charge in [-0.15, -0.1) is 0 Å². The predicted octanol–water partition coefficient (Wildman–Crippen LogP) is 1.42. The second-order valence-electron chi connectivity index (χ2n) is 3.46. The highest BCUT2D eigenvalue weighted by atomic mass is 32.2. The fourth-order valence-corrected chi connectivity index (χ4v) is 2.39. The molecular formula is C11H11NO3S. The van der Waals surface area contributed by atoms with Gasteiger partial charge in [0.1, 0.15) is 0 Å². The minimum Gasteiger partial charge on any atom is -0.396 e. The number of carbonyl (C=O) groups excluding carboxylic acids is 1. The number of hydrogen-bond acceptors (Lipinski definition) is 4. The Kier molecular flexibility index (Phi) is 3.26. The predicted molar refractivity (Wildman–Crippen MR) is 61.7 cm³/mol. The molecule has 0 spiro atoms. The molecule has 1 heterocycles. The van der Waals surface area contributed by atoms with Crippen molar-refractivity contribution < 1.29 is 14.1 Å². The zero-order chi connectivity index (χ0) is 11.5. The Morgan fingerprint density at radius 1 is 1.44 bits per heavy atom. The van der Waals surface area contributed by atoms with Gasteiger partial charge >= 0.3 is 0 Å². The molecule has 1 aromatic carbocycles. The smallest absolute Gasteiger partial charge is 0.163 e. The second kappa shape index (κ2) is 4.67. The summed E-state index contributed by atoms with van der Waals surface area (Å²) >= 11 is 0. The van der Waals surface area contributed by atoms with Crippen LogP contribution in [-0.2, 0) is 10.8 Å². The van der Waals surface area contributed by atoms with Crippen molar-refractivity contribution in [2.75, 3.05) is 6.61 Å². The van der Waals surface area contributed by atoms with E-state index in [9.17, 15) is 9.00 Å². The van der Waals surface area contributed by atoms with Crippen molar-refractivity contribution in [3.8, 4) is 0 Å². The number of aliphatic hydroxyl groups excluding tert-OH is 1. The fraction of sp³-hybridized carbons (Fsp3) is 0.273. The summed E-state index contributed by atoms with van der Waals surface area (Å²) in [5, 5.41) is 8.64. The van der Waals surface area contributed by atoms with Crippen LogP contribution in [0.1, 0.15) is 23.2 Å². The highest BCUT2D eigenvalue weighted by Gasteiger charge is 2.16. The molecule has 5 heteroatoms. The van der Waals surface area contributed by atoms with E-state index in [1.54, 1.807) is 18.2 Å². The summed E-state index contributed by atoms with van der Waals surface area (Å²) in [5.74, 6) is -0.0410. The van der Waals surface area contributed by atoms with Crippen molar-refractivity contribution in [3.63, 3.8) is 0 Å². The molecule has 1 unspecified atom stereocenters. The number of hydrogen-bond donors (Lipinski definition) is 1. The van der Waals surface area contributed by atoms with Crippen LogP contribution in [0.4, 0.5) is 5.69 Å². The molecule has 0 saturated carbocycles. The summed E-state index contributed by atoms with van der Waals surface area (Å²) in [6, 6.07) is 5.00. The van der Waals surface area contributed by atoms with E-state index in [4.69, 9.17) is 5.11 Å². The van der Waals surface area contributed by atoms with E-state index in [2.05, 4.69) is 4.99 Å². The number of ketones is 1. The molecule has 0 bridgehead atoms. The van der Waals surface area contributed by atoms with Crippen molar-refractivity contribution in [1.29, 1.82) is 0 Å². The number of Topliss-reactive ketones (excluding diaryl/α,β-unsaturated/α-hetero) is 1. The van der Waals surface area contributed by atoms with Crippen molar-refractivity contribution >= 4 is 27.8 Å². The number of nitrogens with zero attached hydrogens (tertiary/aromatic N) is 1. The molecule has 16 heavy (non-hydrogen) atoms.